The van der Waals surface area contributed by atoms with Gasteiger partial charge in [0.05, 0.1) is 12.4 Å². The average Bonchev–Trinajstić information content (AvgIpc) is 2.51. The topological polar surface area (TPSA) is 129 Å². The van der Waals surface area contributed by atoms with Crippen LogP contribution in [0, 0.1) is 0 Å². The smallest absolute Gasteiger partial charge is 0.233 e. The predicted octanol–water partition coefficient (Wildman–Crippen LogP) is 0.842. The number of nitrogens with two attached hydrogens (primary N) is 2. The number of nitrogens with one attached hydrogen (secondary N) is 1. The quantitative estimate of drug-likeness (QED) is 0.663. The van der Waals surface area contributed by atoms with Gasteiger partial charge in [0.15, 0.2) is 5.16 Å². The van der Waals surface area contributed by atoms with E-state index >= 15 is 0 Å². The highest BCUT2D eigenvalue weighted by Crippen LogP contribution is 2.21. The number of ether oxygens (including phenoxy) is 1. The second kappa shape index (κ2) is 7.63. The van der Waals surface area contributed by atoms with Crippen LogP contribution in [0.25, 0.3) is 0 Å². The van der Waals surface area contributed by atoms with Crippen LogP contribution in [0.2, 0.25) is 0 Å². The van der Waals surface area contributed by atoms with Crippen molar-refractivity contribution in [2.24, 2.45) is 0 Å². The molecule has 1 aromatic heterocycles. The van der Waals surface area contributed by atoms with Crippen LogP contribution in [0.3, 0.4) is 0 Å². The number of methoxy groups -OCH3 is 1. The first kappa shape index (κ1) is 16.8. The maximum absolute atomic E-state index is 12.2. The van der Waals surface area contributed by atoms with Crippen molar-refractivity contribution in [1.29, 1.82) is 0 Å². The Balaban J connectivity index is 1.94. The summed E-state index contributed by atoms with van der Waals surface area (Å²) in [6.45, 7) is 2.12. The van der Waals surface area contributed by atoms with Crippen molar-refractivity contribution in [3.05, 3.63) is 29.8 Å². The Morgan fingerprint density at radius 1 is 1.26 bits per heavy atom. The number of anilines is 2. The van der Waals surface area contributed by atoms with Gasteiger partial charge in [-0.2, -0.15) is 15.0 Å². The molecule has 1 heterocycles. The lowest BCUT2D eigenvalue weighted by atomic mass is 10.2. The largest absolute Gasteiger partial charge is 0.496 e. The number of hydrogen-bond acceptors (Lipinski definition) is 8. The number of aromatic nitrogens is 3. The van der Waals surface area contributed by atoms with Crippen molar-refractivity contribution >= 4 is 29.6 Å². The fourth-order valence-electron chi connectivity index (χ4n) is 1.83. The number of nitrogens with zero attached hydrogens (tertiary/aromatic N) is 3. The van der Waals surface area contributed by atoms with Crippen LogP contribution < -0.4 is 21.5 Å². The van der Waals surface area contributed by atoms with Gasteiger partial charge >= 0.3 is 0 Å². The van der Waals surface area contributed by atoms with Crippen molar-refractivity contribution in [2.45, 2.75) is 23.9 Å². The van der Waals surface area contributed by atoms with Crippen molar-refractivity contribution in [2.75, 3.05) is 18.6 Å². The van der Waals surface area contributed by atoms with Crippen molar-refractivity contribution in [1.82, 2.24) is 20.3 Å². The van der Waals surface area contributed by atoms with Crippen molar-refractivity contribution < 1.29 is 9.53 Å². The van der Waals surface area contributed by atoms with Gasteiger partial charge in [-0.25, -0.2) is 0 Å². The average molecular weight is 334 g/mol. The van der Waals surface area contributed by atoms with Gasteiger partial charge in [-0.05, 0) is 13.0 Å². The number of nitrogen functional groups attached to an aromatic ring is 2. The fourth-order valence-corrected chi connectivity index (χ4v) is 2.63. The van der Waals surface area contributed by atoms with Crippen LogP contribution in [0.1, 0.15) is 12.5 Å². The molecule has 122 valence electrons. The zero-order valence-corrected chi connectivity index (χ0v) is 13.6. The Morgan fingerprint density at radius 3 is 2.57 bits per heavy atom. The number of amides is 1. The number of benzene rings is 1. The summed E-state index contributed by atoms with van der Waals surface area (Å²) in [6, 6.07) is 7.50. The molecule has 0 aliphatic heterocycles. The van der Waals surface area contributed by atoms with E-state index in [0.717, 1.165) is 23.1 Å². The molecule has 8 nitrogen and oxygen atoms in total. The molecule has 0 spiro atoms. The van der Waals surface area contributed by atoms with Gasteiger partial charge in [0.25, 0.3) is 0 Å². The van der Waals surface area contributed by atoms with E-state index in [0.29, 0.717) is 11.7 Å². The van der Waals surface area contributed by atoms with E-state index in [-0.39, 0.29) is 17.8 Å². The summed E-state index contributed by atoms with van der Waals surface area (Å²) in [6.07, 6.45) is 0. The monoisotopic (exact) mass is 334 g/mol. The molecular formula is C14H18N6O2S. The summed E-state index contributed by atoms with van der Waals surface area (Å²) in [4.78, 5) is 23.8. The Kier molecular flexibility index (Phi) is 5.58. The summed E-state index contributed by atoms with van der Waals surface area (Å²) < 4.78 is 5.25. The molecule has 5 N–H and O–H groups in total. The number of hydrogen-bond donors (Lipinski definition) is 3. The van der Waals surface area contributed by atoms with Crippen molar-refractivity contribution in [3.8, 4) is 5.75 Å². The Bertz CT molecular complexity index is 676. The molecule has 2 rings (SSSR count). The number of rotatable bonds is 6. The summed E-state index contributed by atoms with van der Waals surface area (Å²) >= 11 is 1.16. The minimum atomic E-state index is -0.411. The highest BCUT2D eigenvalue weighted by molar-refractivity contribution is 8.00. The van der Waals surface area contributed by atoms with E-state index in [4.69, 9.17) is 16.2 Å². The first-order valence-corrected chi connectivity index (χ1v) is 7.71. The predicted molar refractivity (Wildman–Crippen MR) is 88.8 cm³/mol. The summed E-state index contributed by atoms with van der Waals surface area (Å²) in [5.41, 5.74) is 11.9. The number of carbonyl (C=O) groups is 1. The van der Waals surface area contributed by atoms with Crippen LogP contribution in [0.4, 0.5) is 11.9 Å². The lowest BCUT2D eigenvalue weighted by Crippen LogP contribution is -2.30. The molecule has 0 aliphatic rings. The van der Waals surface area contributed by atoms with Gasteiger partial charge in [0.1, 0.15) is 5.75 Å². The van der Waals surface area contributed by atoms with Crippen LogP contribution >= 0.6 is 11.8 Å². The Labute approximate surface area is 138 Å². The maximum Gasteiger partial charge on any atom is 0.233 e. The molecule has 0 saturated heterocycles. The van der Waals surface area contributed by atoms with Gasteiger partial charge in [-0.1, -0.05) is 30.0 Å². The number of carbonyl (C=O) groups excluding carboxylic acids is 1. The zero-order valence-electron chi connectivity index (χ0n) is 12.8. The molecule has 1 aromatic carbocycles. The second-order valence-electron chi connectivity index (χ2n) is 4.62. The van der Waals surface area contributed by atoms with Crippen molar-refractivity contribution in [3.63, 3.8) is 0 Å². The Morgan fingerprint density at radius 2 is 1.91 bits per heavy atom. The third kappa shape index (κ3) is 4.71. The summed E-state index contributed by atoms with van der Waals surface area (Å²) in [5, 5.41) is 2.75. The van der Waals surface area contributed by atoms with Gasteiger partial charge in [0.2, 0.25) is 17.8 Å². The molecular weight excluding hydrogens is 316 g/mol. The molecule has 0 radical (unpaired) electrons. The molecule has 0 saturated carbocycles. The molecule has 1 amide bonds. The molecule has 1 atom stereocenters. The van der Waals surface area contributed by atoms with Crippen LogP contribution in [-0.4, -0.2) is 33.2 Å². The third-order valence-corrected chi connectivity index (χ3v) is 3.91. The van der Waals surface area contributed by atoms with Gasteiger partial charge < -0.3 is 21.5 Å². The SMILES string of the molecule is COc1ccccc1CNC(=O)[C@@H](C)Sc1nc(N)nc(N)n1. The second-order valence-corrected chi connectivity index (χ2v) is 5.93. The first-order chi connectivity index (χ1) is 11.0. The van der Waals surface area contributed by atoms with E-state index in [9.17, 15) is 4.79 Å². The van der Waals surface area contributed by atoms with E-state index in [1.807, 2.05) is 24.3 Å². The molecule has 23 heavy (non-hydrogen) atoms. The molecule has 9 heteroatoms. The molecule has 0 unspecified atom stereocenters. The van der Waals surface area contributed by atoms with E-state index in [2.05, 4.69) is 20.3 Å². The lowest BCUT2D eigenvalue weighted by molar-refractivity contribution is -0.120. The van der Waals surface area contributed by atoms with E-state index < -0.39 is 5.25 Å². The third-order valence-electron chi connectivity index (χ3n) is 2.95. The number of para-hydroxylation sites is 1. The van der Waals surface area contributed by atoms with Gasteiger partial charge in [-0.15, -0.1) is 0 Å². The number of thioether (sulfide) groups is 1. The molecule has 0 bridgehead atoms. The van der Waals surface area contributed by atoms with Gasteiger partial charge in [-0.3, -0.25) is 4.79 Å². The fraction of sp³-hybridized carbons (Fsp3) is 0.286. The highest BCUT2D eigenvalue weighted by Gasteiger charge is 2.17. The van der Waals surface area contributed by atoms with E-state index in [1.54, 1.807) is 14.0 Å². The minimum absolute atomic E-state index is 0.0293. The van der Waals surface area contributed by atoms with Crippen LogP contribution in [-0.2, 0) is 11.3 Å². The molecule has 0 fully saturated rings. The standard InChI is InChI=1S/C14H18N6O2S/c1-8(23-14-19-12(15)18-13(16)20-14)11(21)17-7-9-5-3-4-6-10(9)22-2/h3-6,8H,7H2,1-2H3,(H,17,21)(H4,15,16,18,19,20)/t8-/m1/s1. The summed E-state index contributed by atoms with van der Waals surface area (Å²) in [5.74, 6) is 0.632. The molecule has 0 aliphatic carbocycles. The highest BCUT2D eigenvalue weighted by atomic mass is 32.2. The molecule has 2 aromatic rings. The first-order valence-electron chi connectivity index (χ1n) is 6.83. The van der Waals surface area contributed by atoms with Crippen LogP contribution in [0.5, 0.6) is 5.75 Å². The maximum atomic E-state index is 12.2. The Hall–Kier alpha value is -2.55. The van der Waals surface area contributed by atoms with Gasteiger partial charge in [0, 0.05) is 12.1 Å². The zero-order chi connectivity index (χ0) is 16.8. The lowest BCUT2D eigenvalue weighted by Gasteiger charge is -2.13. The summed E-state index contributed by atoms with van der Waals surface area (Å²) in [7, 11) is 1.59. The van der Waals surface area contributed by atoms with Crippen LogP contribution in [0.15, 0.2) is 29.4 Å². The van der Waals surface area contributed by atoms with E-state index in [1.165, 1.54) is 0 Å². The normalized spacial score (nSPS) is 11.7. The minimum Gasteiger partial charge on any atom is -0.496 e.